The smallest absolute Gasteiger partial charge is 0.128 e. The molecule has 19 heavy (non-hydrogen) atoms. The van der Waals surface area contributed by atoms with E-state index >= 15 is 0 Å². The van der Waals surface area contributed by atoms with Crippen LogP contribution in [0.15, 0.2) is 18.3 Å². The Morgan fingerprint density at radius 2 is 2.26 bits per heavy atom. The Morgan fingerprint density at radius 3 is 2.84 bits per heavy atom. The molecule has 2 N–H and O–H groups in total. The Balaban J connectivity index is 2.04. The summed E-state index contributed by atoms with van der Waals surface area (Å²) in [5, 5.41) is 0. The molecule has 1 aliphatic rings. The average Bonchev–Trinajstić information content (AvgIpc) is 2.76. The van der Waals surface area contributed by atoms with Crippen LogP contribution in [0.3, 0.4) is 0 Å². The van der Waals surface area contributed by atoms with Crippen molar-refractivity contribution in [1.82, 2.24) is 9.88 Å². The highest BCUT2D eigenvalue weighted by Gasteiger charge is 2.25. The predicted octanol–water partition coefficient (Wildman–Crippen LogP) is 1.50. The predicted molar refractivity (Wildman–Crippen MR) is 80.5 cm³/mol. The van der Waals surface area contributed by atoms with Crippen LogP contribution < -0.4 is 10.6 Å². The molecule has 0 bridgehead atoms. The minimum absolute atomic E-state index is 0.195. The van der Waals surface area contributed by atoms with Crippen molar-refractivity contribution in [2.24, 2.45) is 5.73 Å². The minimum Gasteiger partial charge on any atom is -0.352 e. The first-order valence-corrected chi connectivity index (χ1v) is 7.18. The third kappa shape index (κ3) is 3.91. The Hall–Kier alpha value is -1.13. The van der Waals surface area contributed by atoms with E-state index in [1.165, 1.54) is 18.4 Å². The Morgan fingerprint density at radius 1 is 1.47 bits per heavy atom. The van der Waals surface area contributed by atoms with E-state index in [4.69, 9.17) is 5.73 Å². The van der Waals surface area contributed by atoms with Gasteiger partial charge in [-0.25, -0.2) is 4.98 Å². The normalized spacial score (nSPS) is 21.1. The highest BCUT2D eigenvalue weighted by Crippen LogP contribution is 2.24. The highest BCUT2D eigenvalue weighted by molar-refractivity contribution is 5.42. The molecular formula is C15H26N4. The fourth-order valence-electron chi connectivity index (χ4n) is 2.83. The molecule has 2 rings (SSSR count). The number of hydrogen-bond donors (Lipinski definition) is 1. The lowest BCUT2D eigenvalue weighted by Crippen LogP contribution is -2.38. The first-order valence-electron chi connectivity index (χ1n) is 7.18. The molecule has 0 aromatic carbocycles. The molecular weight excluding hydrogens is 236 g/mol. The summed E-state index contributed by atoms with van der Waals surface area (Å²) in [6, 6.07) is 5.10. The maximum atomic E-state index is 5.82. The summed E-state index contributed by atoms with van der Waals surface area (Å²) in [6.45, 7) is 4.25. The Bertz CT molecular complexity index is 386. The summed E-state index contributed by atoms with van der Waals surface area (Å²) >= 11 is 0. The number of pyridine rings is 1. The zero-order chi connectivity index (χ0) is 13.8. The van der Waals surface area contributed by atoms with E-state index in [1.54, 1.807) is 0 Å². The van der Waals surface area contributed by atoms with Crippen LogP contribution in [0, 0.1) is 0 Å². The fraction of sp³-hybridized carbons (Fsp3) is 0.667. The molecule has 2 atom stereocenters. The molecule has 1 aromatic rings. The lowest BCUT2D eigenvalue weighted by atomic mass is 10.1. The van der Waals surface area contributed by atoms with Crippen molar-refractivity contribution in [3.05, 3.63) is 23.9 Å². The number of anilines is 1. The van der Waals surface area contributed by atoms with Crippen LogP contribution in [-0.4, -0.2) is 49.2 Å². The molecule has 1 aromatic heterocycles. The molecule has 0 saturated carbocycles. The lowest BCUT2D eigenvalue weighted by molar-refractivity contribution is 0.371. The maximum absolute atomic E-state index is 5.82. The van der Waals surface area contributed by atoms with Gasteiger partial charge in [0.2, 0.25) is 0 Å². The third-order valence-corrected chi connectivity index (χ3v) is 3.61. The van der Waals surface area contributed by atoms with E-state index in [-0.39, 0.29) is 6.04 Å². The van der Waals surface area contributed by atoms with E-state index in [2.05, 4.69) is 41.0 Å². The third-order valence-electron chi connectivity index (χ3n) is 3.61. The number of nitrogens with zero attached hydrogens (tertiary/aromatic N) is 3. The summed E-state index contributed by atoms with van der Waals surface area (Å²) in [7, 11) is 4.27. The summed E-state index contributed by atoms with van der Waals surface area (Å²) < 4.78 is 0. The van der Waals surface area contributed by atoms with Gasteiger partial charge in [0.05, 0.1) is 0 Å². The molecule has 0 amide bonds. The number of likely N-dealkylation sites (N-methyl/N-ethyl adjacent to an activating group) is 1. The van der Waals surface area contributed by atoms with Gasteiger partial charge in [-0.2, -0.15) is 0 Å². The molecule has 2 heterocycles. The standard InChI is InChI=1S/C15H26N4/c1-12(16)9-13-6-7-15(17-10-13)19-8-4-5-14(19)11-18(2)3/h6-7,10,12,14H,4-5,8-9,11,16H2,1-3H3. The van der Waals surface area contributed by atoms with Gasteiger partial charge in [0, 0.05) is 31.4 Å². The topological polar surface area (TPSA) is 45.4 Å². The second-order valence-corrected chi connectivity index (χ2v) is 5.96. The van der Waals surface area contributed by atoms with Crippen molar-refractivity contribution in [2.75, 3.05) is 32.1 Å². The van der Waals surface area contributed by atoms with Gasteiger partial charge >= 0.3 is 0 Å². The molecule has 0 aliphatic carbocycles. The van der Waals surface area contributed by atoms with Crippen LogP contribution in [0.4, 0.5) is 5.82 Å². The van der Waals surface area contributed by atoms with Gasteiger partial charge in [-0.15, -0.1) is 0 Å². The van der Waals surface area contributed by atoms with Crippen molar-refractivity contribution >= 4 is 5.82 Å². The summed E-state index contributed by atoms with van der Waals surface area (Å²) in [4.78, 5) is 9.32. The Labute approximate surface area is 116 Å². The van der Waals surface area contributed by atoms with Gasteiger partial charge in [0.25, 0.3) is 0 Å². The van der Waals surface area contributed by atoms with Crippen LogP contribution >= 0.6 is 0 Å². The second kappa shape index (κ2) is 6.35. The molecule has 4 nitrogen and oxygen atoms in total. The molecule has 2 unspecified atom stereocenters. The average molecular weight is 262 g/mol. The zero-order valence-corrected chi connectivity index (χ0v) is 12.3. The minimum atomic E-state index is 0.195. The first kappa shape index (κ1) is 14.3. The van der Waals surface area contributed by atoms with Crippen LogP contribution in [0.2, 0.25) is 0 Å². The van der Waals surface area contributed by atoms with Gasteiger partial charge in [-0.3, -0.25) is 0 Å². The number of aromatic nitrogens is 1. The van der Waals surface area contributed by atoms with Gasteiger partial charge in [0.1, 0.15) is 5.82 Å². The van der Waals surface area contributed by atoms with Crippen molar-refractivity contribution in [1.29, 1.82) is 0 Å². The largest absolute Gasteiger partial charge is 0.352 e. The highest BCUT2D eigenvalue weighted by atomic mass is 15.3. The van der Waals surface area contributed by atoms with Crippen molar-refractivity contribution in [3.63, 3.8) is 0 Å². The van der Waals surface area contributed by atoms with Crippen LogP contribution in [0.25, 0.3) is 0 Å². The van der Waals surface area contributed by atoms with E-state index in [9.17, 15) is 0 Å². The zero-order valence-electron chi connectivity index (χ0n) is 12.3. The van der Waals surface area contributed by atoms with Crippen molar-refractivity contribution in [3.8, 4) is 0 Å². The Kier molecular flexibility index (Phi) is 4.77. The second-order valence-electron chi connectivity index (χ2n) is 5.96. The molecule has 0 radical (unpaired) electrons. The number of rotatable bonds is 5. The SMILES string of the molecule is CC(N)Cc1ccc(N2CCCC2CN(C)C)nc1. The molecule has 1 fully saturated rings. The van der Waals surface area contributed by atoms with Crippen LogP contribution in [0.1, 0.15) is 25.3 Å². The van der Waals surface area contributed by atoms with Gasteiger partial charge in [0.15, 0.2) is 0 Å². The van der Waals surface area contributed by atoms with Crippen LogP contribution in [0.5, 0.6) is 0 Å². The fourth-order valence-corrected chi connectivity index (χ4v) is 2.83. The molecule has 4 heteroatoms. The summed E-state index contributed by atoms with van der Waals surface area (Å²) in [5.41, 5.74) is 7.04. The summed E-state index contributed by atoms with van der Waals surface area (Å²) in [5.74, 6) is 1.11. The van der Waals surface area contributed by atoms with Crippen LogP contribution in [-0.2, 0) is 6.42 Å². The first-order chi connectivity index (χ1) is 9.06. The molecule has 1 saturated heterocycles. The van der Waals surface area contributed by atoms with E-state index in [0.717, 1.165) is 25.3 Å². The van der Waals surface area contributed by atoms with Gasteiger partial charge in [-0.05, 0) is 51.9 Å². The maximum Gasteiger partial charge on any atom is 0.128 e. The quantitative estimate of drug-likeness (QED) is 0.873. The number of hydrogen-bond acceptors (Lipinski definition) is 4. The van der Waals surface area contributed by atoms with E-state index in [0.29, 0.717) is 6.04 Å². The molecule has 0 spiro atoms. The monoisotopic (exact) mass is 262 g/mol. The number of nitrogens with two attached hydrogens (primary N) is 1. The van der Waals surface area contributed by atoms with E-state index in [1.807, 2.05) is 13.1 Å². The molecule has 1 aliphatic heterocycles. The lowest BCUT2D eigenvalue weighted by Gasteiger charge is -2.28. The van der Waals surface area contributed by atoms with Crippen molar-refractivity contribution < 1.29 is 0 Å². The molecule has 106 valence electrons. The van der Waals surface area contributed by atoms with Gasteiger partial charge in [-0.1, -0.05) is 6.07 Å². The van der Waals surface area contributed by atoms with Crippen molar-refractivity contribution in [2.45, 2.75) is 38.3 Å². The van der Waals surface area contributed by atoms with Gasteiger partial charge < -0.3 is 15.5 Å². The summed E-state index contributed by atoms with van der Waals surface area (Å²) in [6.07, 6.45) is 5.40. The van der Waals surface area contributed by atoms with E-state index < -0.39 is 0 Å².